The molecule has 0 aliphatic carbocycles. The monoisotopic (exact) mass is 426 g/mol. The molecule has 0 heterocycles. The highest BCUT2D eigenvalue weighted by atomic mass is 16.5. The van der Waals surface area contributed by atoms with Gasteiger partial charge >= 0.3 is 0 Å². The number of carbonyl (C=O) groups is 2. The smallest absolute Gasteiger partial charge is 0.242 e. The van der Waals surface area contributed by atoms with Crippen LogP contribution in [0.4, 0.5) is 0 Å². The van der Waals surface area contributed by atoms with Gasteiger partial charge in [-0.2, -0.15) is 0 Å². The van der Waals surface area contributed by atoms with Gasteiger partial charge in [0.25, 0.3) is 0 Å². The lowest BCUT2D eigenvalue weighted by Crippen LogP contribution is -2.48. The number of benzene rings is 2. The lowest BCUT2D eigenvalue weighted by Gasteiger charge is -2.29. The van der Waals surface area contributed by atoms with Crippen molar-refractivity contribution < 1.29 is 19.1 Å². The third kappa shape index (κ3) is 7.31. The van der Waals surface area contributed by atoms with Crippen LogP contribution in [-0.2, 0) is 22.6 Å². The van der Waals surface area contributed by atoms with E-state index >= 15 is 0 Å². The highest BCUT2D eigenvalue weighted by Crippen LogP contribution is 2.28. The molecule has 0 saturated carbocycles. The molecule has 0 unspecified atom stereocenters. The largest absolute Gasteiger partial charge is 0.493 e. The SMILES string of the molecule is CCCCCNC(=O)[C@H](C)N(Cc1ccccc1)C(=O)Cc1ccc(OC)c(OC)c1. The quantitative estimate of drug-likeness (QED) is 0.522. The van der Waals surface area contributed by atoms with E-state index in [1.807, 2.05) is 36.4 Å². The van der Waals surface area contributed by atoms with Gasteiger partial charge in [0.05, 0.1) is 20.6 Å². The molecule has 2 aromatic rings. The van der Waals surface area contributed by atoms with Crippen molar-refractivity contribution in [2.45, 2.75) is 52.1 Å². The first-order valence-electron chi connectivity index (χ1n) is 10.8. The van der Waals surface area contributed by atoms with E-state index in [9.17, 15) is 9.59 Å². The van der Waals surface area contributed by atoms with Crippen LogP contribution in [0.5, 0.6) is 11.5 Å². The van der Waals surface area contributed by atoms with E-state index in [0.29, 0.717) is 24.6 Å². The molecule has 168 valence electrons. The molecule has 0 aromatic heterocycles. The first kappa shape index (κ1) is 24.3. The van der Waals surface area contributed by atoms with Crippen LogP contribution in [0.15, 0.2) is 48.5 Å². The summed E-state index contributed by atoms with van der Waals surface area (Å²) in [6.07, 6.45) is 3.27. The molecule has 6 heteroatoms. The minimum atomic E-state index is -0.575. The third-order valence-corrected chi connectivity index (χ3v) is 5.25. The van der Waals surface area contributed by atoms with Crippen molar-refractivity contribution in [2.75, 3.05) is 20.8 Å². The van der Waals surface area contributed by atoms with Crippen molar-refractivity contribution in [3.63, 3.8) is 0 Å². The van der Waals surface area contributed by atoms with Crippen molar-refractivity contribution in [1.29, 1.82) is 0 Å². The topological polar surface area (TPSA) is 67.9 Å². The summed E-state index contributed by atoms with van der Waals surface area (Å²) in [4.78, 5) is 27.6. The zero-order valence-corrected chi connectivity index (χ0v) is 19.0. The Hall–Kier alpha value is -3.02. The minimum Gasteiger partial charge on any atom is -0.493 e. The highest BCUT2D eigenvalue weighted by molar-refractivity contribution is 5.88. The first-order valence-corrected chi connectivity index (χ1v) is 10.8. The normalized spacial score (nSPS) is 11.5. The number of methoxy groups -OCH3 is 2. The summed E-state index contributed by atoms with van der Waals surface area (Å²) in [5.74, 6) is 0.934. The number of nitrogens with zero attached hydrogens (tertiary/aromatic N) is 1. The second-order valence-electron chi connectivity index (χ2n) is 7.55. The predicted octanol–water partition coefficient (Wildman–Crippen LogP) is 3.97. The van der Waals surface area contributed by atoms with Crippen LogP contribution in [-0.4, -0.2) is 43.5 Å². The summed E-state index contributed by atoms with van der Waals surface area (Å²) < 4.78 is 10.6. The molecule has 2 aromatic carbocycles. The first-order chi connectivity index (χ1) is 15.0. The van der Waals surface area contributed by atoms with E-state index in [1.54, 1.807) is 38.2 Å². The number of hydrogen-bond donors (Lipinski definition) is 1. The Bertz CT molecular complexity index is 839. The maximum Gasteiger partial charge on any atom is 0.242 e. The Balaban J connectivity index is 2.16. The molecule has 2 amide bonds. The molecule has 0 fully saturated rings. The van der Waals surface area contributed by atoms with Gasteiger partial charge < -0.3 is 19.7 Å². The van der Waals surface area contributed by atoms with Gasteiger partial charge in [-0.15, -0.1) is 0 Å². The number of rotatable bonds is 12. The number of unbranched alkanes of at least 4 members (excludes halogenated alkanes) is 2. The van der Waals surface area contributed by atoms with Crippen LogP contribution >= 0.6 is 0 Å². The van der Waals surface area contributed by atoms with Gasteiger partial charge in [0.2, 0.25) is 11.8 Å². The fourth-order valence-corrected chi connectivity index (χ4v) is 3.36. The van der Waals surface area contributed by atoms with E-state index in [-0.39, 0.29) is 18.2 Å². The van der Waals surface area contributed by atoms with Crippen LogP contribution in [0.3, 0.4) is 0 Å². The summed E-state index contributed by atoms with van der Waals surface area (Å²) in [5, 5.41) is 2.97. The van der Waals surface area contributed by atoms with E-state index in [0.717, 1.165) is 30.4 Å². The Morgan fingerprint density at radius 2 is 1.68 bits per heavy atom. The predicted molar refractivity (Wildman–Crippen MR) is 122 cm³/mol. The summed E-state index contributed by atoms with van der Waals surface area (Å²) in [6.45, 7) is 4.90. The molecule has 2 rings (SSSR count). The molecule has 0 bridgehead atoms. The lowest BCUT2D eigenvalue weighted by atomic mass is 10.1. The zero-order chi connectivity index (χ0) is 22.6. The second-order valence-corrected chi connectivity index (χ2v) is 7.55. The fourth-order valence-electron chi connectivity index (χ4n) is 3.36. The summed E-state index contributed by atoms with van der Waals surface area (Å²) >= 11 is 0. The Morgan fingerprint density at radius 1 is 0.968 bits per heavy atom. The van der Waals surface area contributed by atoms with Gasteiger partial charge in [-0.1, -0.05) is 56.2 Å². The maximum absolute atomic E-state index is 13.3. The number of ether oxygens (including phenoxy) is 2. The van der Waals surface area contributed by atoms with Crippen LogP contribution in [0.25, 0.3) is 0 Å². The molecule has 0 radical (unpaired) electrons. The Labute approximate surface area is 185 Å². The molecule has 0 saturated heterocycles. The van der Waals surface area contributed by atoms with Crippen molar-refractivity contribution >= 4 is 11.8 Å². The molecule has 31 heavy (non-hydrogen) atoms. The Morgan fingerprint density at radius 3 is 2.32 bits per heavy atom. The second kappa shape index (κ2) is 12.6. The van der Waals surface area contributed by atoms with Crippen LogP contribution in [0.2, 0.25) is 0 Å². The Kier molecular flexibility index (Phi) is 9.88. The number of nitrogens with one attached hydrogen (secondary N) is 1. The van der Waals surface area contributed by atoms with Crippen molar-refractivity contribution in [1.82, 2.24) is 10.2 Å². The summed E-state index contributed by atoms with van der Waals surface area (Å²) in [5.41, 5.74) is 1.78. The molecule has 0 aliphatic heterocycles. The third-order valence-electron chi connectivity index (χ3n) is 5.25. The van der Waals surface area contributed by atoms with Gasteiger partial charge in [-0.3, -0.25) is 9.59 Å². The highest BCUT2D eigenvalue weighted by Gasteiger charge is 2.26. The van der Waals surface area contributed by atoms with E-state index < -0.39 is 6.04 Å². The summed E-state index contributed by atoms with van der Waals surface area (Å²) in [7, 11) is 3.14. The van der Waals surface area contributed by atoms with Gasteiger partial charge in [0, 0.05) is 13.1 Å². The van der Waals surface area contributed by atoms with E-state index in [4.69, 9.17) is 9.47 Å². The van der Waals surface area contributed by atoms with Crippen LogP contribution in [0, 0.1) is 0 Å². The van der Waals surface area contributed by atoms with Gasteiger partial charge in [0.1, 0.15) is 6.04 Å². The molecule has 0 aliphatic rings. The number of carbonyl (C=O) groups excluding carboxylic acids is 2. The fraction of sp³-hybridized carbons (Fsp3) is 0.440. The molecule has 6 nitrogen and oxygen atoms in total. The van der Waals surface area contributed by atoms with Crippen LogP contribution < -0.4 is 14.8 Å². The molecule has 1 atom stereocenters. The average molecular weight is 427 g/mol. The maximum atomic E-state index is 13.3. The lowest BCUT2D eigenvalue weighted by molar-refractivity contribution is -0.140. The van der Waals surface area contributed by atoms with E-state index in [1.165, 1.54) is 0 Å². The zero-order valence-electron chi connectivity index (χ0n) is 19.0. The average Bonchev–Trinajstić information content (AvgIpc) is 2.80. The van der Waals surface area contributed by atoms with Gasteiger partial charge in [0.15, 0.2) is 11.5 Å². The van der Waals surface area contributed by atoms with Gasteiger partial charge in [-0.05, 0) is 36.6 Å². The number of hydrogen-bond acceptors (Lipinski definition) is 4. The molecular formula is C25H34N2O4. The van der Waals surface area contributed by atoms with Crippen molar-refractivity contribution in [3.8, 4) is 11.5 Å². The van der Waals surface area contributed by atoms with Crippen molar-refractivity contribution in [2.24, 2.45) is 0 Å². The molecule has 0 spiro atoms. The molecular weight excluding hydrogens is 392 g/mol. The summed E-state index contributed by atoms with van der Waals surface area (Å²) in [6, 6.07) is 14.6. The number of amides is 2. The van der Waals surface area contributed by atoms with E-state index in [2.05, 4.69) is 12.2 Å². The molecule has 1 N–H and O–H groups in total. The van der Waals surface area contributed by atoms with Gasteiger partial charge in [-0.25, -0.2) is 0 Å². The standard InChI is InChI=1S/C25H34N2O4/c1-5-6-10-15-26-25(29)19(2)27(18-20-11-8-7-9-12-20)24(28)17-21-13-14-22(30-3)23(16-21)31-4/h7-9,11-14,16,19H,5-6,10,15,17-18H2,1-4H3,(H,26,29)/t19-/m0/s1. The van der Waals surface area contributed by atoms with Crippen molar-refractivity contribution in [3.05, 3.63) is 59.7 Å². The minimum absolute atomic E-state index is 0.118. The van der Waals surface area contributed by atoms with Crippen LogP contribution in [0.1, 0.15) is 44.2 Å².